The van der Waals surface area contributed by atoms with Crippen LogP contribution in [0.5, 0.6) is 0 Å². The molecule has 0 bridgehead atoms. The largest absolute Gasteiger partial charge is 0.390 e. The number of aliphatic hydroxyl groups excluding tert-OH is 2. The lowest BCUT2D eigenvalue weighted by molar-refractivity contribution is 0.0187. The third-order valence-electron chi connectivity index (χ3n) is 4.65. The standard InChI is InChI=1S/C17H35NO2/c1-3-5-6-7-8-10-15(9-4-2)18-13-11-16(19)17(20)12-14-18/h15-17,19-20H,3-14H2,1-2H3/t15?,16-,17+. The van der Waals surface area contributed by atoms with E-state index in [0.29, 0.717) is 6.04 Å². The van der Waals surface area contributed by atoms with E-state index in [2.05, 4.69) is 18.7 Å². The van der Waals surface area contributed by atoms with E-state index in [0.717, 1.165) is 25.9 Å². The first kappa shape index (κ1) is 17.9. The normalized spacial score (nSPS) is 26.4. The summed E-state index contributed by atoms with van der Waals surface area (Å²) in [6, 6.07) is 0.652. The summed E-state index contributed by atoms with van der Waals surface area (Å²) in [5.74, 6) is 0. The molecule has 1 rings (SSSR count). The van der Waals surface area contributed by atoms with Gasteiger partial charge in [0.15, 0.2) is 0 Å². The number of aliphatic hydroxyl groups is 2. The van der Waals surface area contributed by atoms with E-state index in [4.69, 9.17) is 0 Å². The number of likely N-dealkylation sites (tertiary alicyclic amines) is 1. The molecule has 3 nitrogen and oxygen atoms in total. The van der Waals surface area contributed by atoms with Gasteiger partial charge in [0.2, 0.25) is 0 Å². The maximum absolute atomic E-state index is 9.78. The highest BCUT2D eigenvalue weighted by molar-refractivity contribution is 4.80. The molecule has 3 atom stereocenters. The summed E-state index contributed by atoms with van der Waals surface area (Å²) >= 11 is 0. The summed E-state index contributed by atoms with van der Waals surface area (Å²) in [5.41, 5.74) is 0. The van der Waals surface area contributed by atoms with Gasteiger partial charge in [0.05, 0.1) is 12.2 Å². The monoisotopic (exact) mass is 285 g/mol. The molecule has 20 heavy (non-hydrogen) atoms. The molecule has 0 aliphatic carbocycles. The van der Waals surface area contributed by atoms with Crippen molar-refractivity contribution in [1.82, 2.24) is 4.90 Å². The van der Waals surface area contributed by atoms with Crippen molar-refractivity contribution in [3.63, 3.8) is 0 Å². The highest BCUT2D eigenvalue weighted by Crippen LogP contribution is 2.20. The fraction of sp³-hybridized carbons (Fsp3) is 1.00. The van der Waals surface area contributed by atoms with Gasteiger partial charge in [-0.2, -0.15) is 0 Å². The minimum Gasteiger partial charge on any atom is -0.390 e. The average molecular weight is 285 g/mol. The van der Waals surface area contributed by atoms with Crippen molar-refractivity contribution in [3.05, 3.63) is 0 Å². The molecule has 0 aromatic rings. The Balaban J connectivity index is 2.35. The minimum atomic E-state index is -0.521. The smallest absolute Gasteiger partial charge is 0.0811 e. The molecule has 1 fully saturated rings. The van der Waals surface area contributed by atoms with Crippen molar-refractivity contribution >= 4 is 0 Å². The van der Waals surface area contributed by atoms with Crippen LogP contribution in [0.25, 0.3) is 0 Å². The van der Waals surface area contributed by atoms with Gasteiger partial charge in [-0.25, -0.2) is 0 Å². The zero-order valence-corrected chi connectivity index (χ0v) is 13.6. The van der Waals surface area contributed by atoms with Gasteiger partial charge in [-0.15, -0.1) is 0 Å². The van der Waals surface area contributed by atoms with Crippen molar-refractivity contribution < 1.29 is 10.2 Å². The number of unbranched alkanes of at least 4 members (excludes halogenated alkanes) is 4. The lowest BCUT2D eigenvalue weighted by Gasteiger charge is -2.30. The highest BCUT2D eigenvalue weighted by Gasteiger charge is 2.26. The summed E-state index contributed by atoms with van der Waals surface area (Å²) in [5, 5.41) is 19.6. The Bertz CT molecular complexity index is 223. The van der Waals surface area contributed by atoms with Crippen LogP contribution in [-0.2, 0) is 0 Å². The number of hydrogen-bond donors (Lipinski definition) is 2. The Morgan fingerprint density at radius 1 is 0.850 bits per heavy atom. The van der Waals surface area contributed by atoms with E-state index in [1.54, 1.807) is 0 Å². The number of hydrogen-bond acceptors (Lipinski definition) is 3. The second kappa shape index (κ2) is 10.6. The van der Waals surface area contributed by atoms with E-state index in [1.807, 2.05) is 0 Å². The molecule has 1 heterocycles. The SMILES string of the molecule is CCCCCCCC(CCC)N1CC[C@@H](O)[C@@H](O)CC1. The molecule has 1 saturated heterocycles. The lowest BCUT2D eigenvalue weighted by Crippen LogP contribution is -2.36. The molecule has 0 radical (unpaired) electrons. The summed E-state index contributed by atoms with van der Waals surface area (Å²) in [6.07, 6.45) is 10.9. The van der Waals surface area contributed by atoms with E-state index >= 15 is 0 Å². The Hall–Kier alpha value is -0.120. The maximum Gasteiger partial charge on any atom is 0.0811 e. The van der Waals surface area contributed by atoms with Crippen molar-refractivity contribution in [3.8, 4) is 0 Å². The Morgan fingerprint density at radius 2 is 1.45 bits per heavy atom. The number of rotatable bonds is 9. The van der Waals surface area contributed by atoms with Crippen LogP contribution in [0.4, 0.5) is 0 Å². The zero-order valence-electron chi connectivity index (χ0n) is 13.6. The summed E-state index contributed by atoms with van der Waals surface area (Å²) in [4.78, 5) is 2.52. The van der Waals surface area contributed by atoms with Crippen LogP contribution < -0.4 is 0 Å². The van der Waals surface area contributed by atoms with Crippen LogP contribution in [0, 0.1) is 0 Å². The van der Waals surface area contributed by atoms with Crippen LogP contribution in [-0.4, -0.2) is 46.5 Å². The van der Waals surface area contributed by atoms with Gasteiger partial charge in [0.1, 0.15) is 0 Å². The van der Waals surface area contributed by atoms with E-state index in [9.17, 15) is 10.2 Å². The molecule has 1 aliphatic rings. The molecule has 0 aromatic heterocycles. The molecule has 1 unspecified atom stereocenters. The van der Waals surface area contributed by atoms with E-state index < -0.39 is 12.2 Å². The molecule has 0 saturated carbocycles. The molecule has 1 aliphatic heterocycles. The molecule has 3 heteroatoms. The van der Waals surface area contributed by atoms with Gasteiger partial charge in [-0.05, 0) is 25.7 Å². The average Bonchev–Trinajstić information content (AvgIpc) is 2.61. The van der Waals surface area contributed by atoms with Crippen LogP contribution in [0.15, 0.2) is 0 Å². The van der Waals surface area contributed by atoms with Crippen LogP contribution in [0.1, 0.15) is 78.1 Å². The Morgan fingerprint density at radius 3 is 2.00 bits per heavy atom. The molecule has 0 amide bonds. The van der Waals surface area contributed by atoms with Crippen molar-refractivity contribution in [2.24, 2.45) is 0 Å². The highest BCUT2D eigenvalue weighted by atomic mass is 16.3. The molecule has 2 N–H and O–H groups in total. The molecule has 120 valence electrons. The van der Waals surface area contributed by atoms with Crippen LogP contribution in [0.2, 0.25) is 0 Å². The fourth-order valence-electron chi connectivity index (χ4n) is 3.28. The first-order valence-corrected chi connectivity index (χ1v) is 8.79. The minimum absolute atomic E-state index is 0.521. The molecule has 0 aromatic carbocycles. The van der Waals surface area contributed by atoms with Gasteiger partial charge >= 0.3 is 0 Å². The van der Waals surface area contributed by atoms with Crippen LogP contribution in [0.3, 0.4) is 0 Å². The summed E-state index contributed by atoms with van der Waals surface area (Å²) in [7, 11) is 0. The van der Waals surface area contributed by atoms with Gasteiger partial charge in [0.25, 0.3) is 0 Å². The molecular formula is C17H35NO2. The predicted molar refractivity (Wildman–Crippen MR) is 84.9 cm³/mol. The molecule has 0 spiro atoms. The predicted octanol–water partition coefficient (Wildman–Crippen LogP) is 3.33. The van der Waals surface area contributed by atoms with Gasteiger partial charge in [0, 0.05) is 19.1 Å². The topological polar surface area (TPSA) is 43.7 Å². The van der Waals surface area contributed by atoms with Gasteiger partial charge in [-0.3, -0.25) is 0 Å². The van der Waals surface area contributed by atoms with Gasteiger partial charge < -0.3 is 15.1 Å². The van der Waals surface area contributed by atoms with Crippen LogP contribution >= 0.6 is 0 Å². The second-order valence-corrected chi connectivity index (χ2v) is 6.39. The maximum atomic E-state index is 9.78. The Labute approximate surface area is 125 Å². The fourth-order valence-corrected chi connectivity index (χ4v) is 3.28. The Kier molecular flexibility index (Phi) is 9.49. The number of nitrogens with zero attached hydrogens (tertiary/aromatic N) is 1. The summed E-state index contributed by atoms with van der Waals surface area (Å²) < 4.78 is 0. The zero-order chi connectivity index (χ0) is 14.8. The van der Waals surface area contributed by atoms with E-state index in [-0.39, 0.29) is 0 Å². The van der Waals surface area contributed by atoms with Crippen molar-refractivity contribution in [2.45, 2.75) is 96.3 Å². The second-order valence-electron chi connectivity index (χ2n) is 6.39. The van der Waals surface area contributed by atoms with Crippen molar-refractivity contribution in [1.29, 1.82) is 0 Å². The lowest BCUT2D eigenvalue weighted by atomic mass is 10.0. The van der Waals surface area contributed by atoms with E-state index in [1.165, 1.54) is 51.4 Å². The molecular weight excluding hydrogens is 250 g/mol. The quantitative estimate of drug-likeness (QED) is 0.639. The van der Waals surface area contributed by atoms with Gasteiger partial charge in [-0.1, -0.05) is 52.4 Å². The summed E-state index contributed by atoms with van der Waals surface area (Å²) in [6.45, 7) is 6.40. The first-order chi connectivity index (χ1) is 9.69. The van der Waals surface area contributed by atoms with Crippen molar-refractivity contribution in [2.75, 3.05) is 13.1 Å². The third-order valence-corrected chi connectivity index (χ3v) is 4.65. The first-order valence-electron chi connectivity index (χ1n) is 8.79. The third kappa shape index (κ3) is 6.55.